The first-order valence-electron chi connectivity index (χ1n) is 7.05. The molecule has 0 aliphatic heterocycles. The molecule has 0 aliphatic carbocycles. The van der Waals surface area contributed by atoms with Gasteiger partial charge in [0.2, 0.25) is 11.8 Å². The summed E-state index contributed by atoms with van der Waals surface area (Å²) >= 11 is 7.45. The lowest BCUT2D eigenvalue weighted by Crippen LogP contribution is -2.20. The van der Waals surface area contributed by atoms with Crippen LogP contribution in [-0.2, 0) is 16.0 Å². The van der Waals surface area contributed by atoms with Crippen molar-refractivity contribution in [2.24, 2.45) is 0 Å². The summed E-state index contributed by atoms with van der Waals surface area (Å²) in [5.41, 5.74) is 1.60. The first-order chi connectivity index (χ1) is 11.1. The van der Waals surface area contributed by atoms with Crippen molar-refractivity contribution in [3.63, 3.8) is 0 Å². The number of hydrogen-bond acceptors (Lipinski definition) is 3. The summed E-state index contributed by atoms with van der Waals surface area (Å²) in [4.78, 5) is 24.1. The number of halogens is 1. The van der Waals surface area contributed by atoms with E-state index < -0.39 is 0 Å². The number of hydrogen-bond donors (Lipinski definition) is 2. The van der Waals surface area contributed by atoms with Crippen LogP contribution in [-0.4, -0.2) is 24.6 Å². The van der Waals surface area contributed by atoms with Crippen molar-refractivity contribution in [3.8, 4) is 0 Å². The Labute approximate surface area is 144 Å². The molecule has 2 rings (SSSR count). The van der Waals surface area contributed by atoms with Crippen LogP contribution < -0.4 is 10.6 Å². The second-order valence-electron chi connectivity index (χ2n) is 4.81. The molecule has 2 amide bonds. The van der Waals surface area contributed by atoms with Gasteiger partial charge in [-0.2, -0.15) is 0 Å². The summed E-state index contributed by atoms with van der Waals surface area (Å²) in [5, 5.41) is 6.04. The molecule has 0 unspecified atom stereocenters. The Bertz CT molecular complexity index is 689. The zero-order chi connectivity index (χ0) is 16.7. The molecule has 0 bridgehead atoms. The van der Waals surface area contributed by atoms with Gasteiger partial charge in [0.1, 0.15) is 0 Å². The van der Waals surface area contributed by atoms with Crippen molar-refractivity contribution >= 4 is 40.9 Å². The summed E-state index contributed by atoms with van der Waals surface area (Å²) in [6.45, 7) is 0. The lowest BCUT2D eigenvalue weighted by Gasteiger charge is -2.07. The number of rotatable bonds is 6. The standard InChI is InChI=1S/C17H17ClN2O2S/c1-19-16(21)10-12-6-8-13(9-7-12)20-17(22)11-23-15-5-3-2-4-14(15)18/h2-9H,10-11H2,1H3,(H,19,21)(H,20,22). The van der Waals surface area contributed by atoms with Crippen LogP contribution in [0.2, 0.25) is 5.02 Å². The molecule has 0 fully saturated rings. The average Bonchev–Trinajstić information content (AvgIpc) is 2.56. The molecule has 0 saturated heterocycles. The molecule has 2 N–H and O–H groups in total. The number of nitrogens with one attached hydrogen (secondary N) is 2. The summed E-state index contributed by atoms with van der Waals surface area (Å²) in [6, 6.07) is 14.6. The van der Waals surface area contributed by atoms with Gasteiger partial charge in [-0.15, -0.1) is 11.8 Å². The Morgan fingerprint density at radius 1 is 1.04 bits per heavy atom. The predicted octanol–water partition coefficient (Wildman–Crippen LogP) is 3.36. The van der Waals surface area contributed by atoms with Crippen molar-refractivity contribution < 1.29 is 9.59 Å². The van der Waals surface area contributed by atoms with Crippen molar-refractivity contribution in [1.29, 1.82) is 0 Å². The van der Waals surface area contributed by atoms with Gasteiger partial charge in [-0.3, -0.25) is 9.59 Å². The normalized spacial score (nSPS) is 10.2. The van der Waals surface area contributed by atoms with Crippen molar-refractivity contribution in [1.82, 2.24) is 5.32 Å². The molecular weight excluding hydrogens is 332 g/mol. The van der Waals surface area contributed by atoms with Gasteiger partial charge in [-0.1, -0.05) is 35.9 Å². The lowest BCUT2D eigenvalue weighted by molar-refractivity contribution is -0.120. The third kappa shape index (κ3) is 5.62. The number of likely N-dealkylation sites (N-methyl/N-ethyl adjacent to an activating group) is 1. The number of carbonyl (C=O) groups is 2. The van der Waals surface area contributed by atoms with E-state index in [1.807, 2.05) is 30.3 Å². The number of anilines is 1. The van der Waals surface area contributed by atoms with E-state index in [-0.39, 0.29) is 17.6 Å². The highest BCUT2D eigenvalue weighted by molar-refractivity contribution is 8.00. The van der Waals surface area contributed by atoms with Crippen LogP contribution in [0.1, 0.15) is 5.56 Å². The predicted molar refractivity (Wildman–Crippen MR) is 95.0 cm³/mol. The van der Waals surface area contributed by atoms with Gasteiger partial charge in [0.25, 0.3) is 0 Å². The van der Waals surface area contributed by atoms with Crippen LogP contribution in [0.4, 0.5) is 5.69 Å². The molecule has 0 aromatic heterocycles. The van der Waals surface area contributed by atoms with E-state index in [4.69, 9.17) is 11.6 Å². The summed E-state index contributed by atoms with van der Waals surface area (Å²) in [7, 11) is 1.60. The molecule has 0 heterocycles. The fraction of sp³-hybridized carbons (Fsp3) is 0.176. The average molecular weight is 349 g/mol. The van der Waals surface area contributed by atoms with Gasteiger partial charge >= 0.3 is 0 Å². The van der Waals surface area contributed by atoms with E-state index >= 15 is 0 Å². The van der Waals surface area contributed by atoms with Crippen LogP contribution in [0.5, 0.6) is 0 Å². The second-order valence-corrected chi connectivity index (χ2v) is 6.24. The maximum atomic E-state index is 12.0. The molecule has 0 atom stereocenters. The Morgan fingerprint density at radius 3 is 2.39 bits per heavy atom. The molecule has 2 aromatic rings. The zero-order valence-electron chi connectivity index (χ0n) is 12.6. The quantitative estimate of drug-likeness (QED) is 0.787. The van der Waals surface area contributed by atoms with Gasteiger partial charge in [0.15, 0.2) is 0 Å². The van der Waals surface area contributed by atoms with Gasteiger partial charge < -0.3 is 10.6 Å². The Morgan fingerprint density at radius 2 is 1.74 bits per heavy atom. The highest BCUT2D eigenvalue weighted by Crippen LogP contribution is 2.26. The minimum atomic E-state index is -0.103. The topological polar surface area (TPSA) is 58.2 Å². The lowest BCUT2D eigenvalue weighted by atomic mass is 10.1. The zero-order valence-corrected chi connectivity index (χ0v) is 14.2. The van der Waals surface area contributed by atoms with Crippen LogP contribution in [0, 0.1) is 0 Å². The van der Waals surface area contributed by atoms with Crippen molar-refractivity contribution in [2.45, 2.75) is 11.3 Å². The van der Waals surface area contributed by atoms with Gasteiger partial charge in [0, 0.05) is 17.6 Å². The van der Waals surface area contributed by atoms with Crippen LogP contribution in [0.3, 0.4) is 0 Å². The van der Waals surface area contributed by atoms with Crippen LogP contribution in [0.15, 0.2) is 53.4 Å². The van der Waals surface area contributed by atoms with E-state index in [0.29, 0.717) is 17.1 Å². The maximum absolute atomic E-state index is 12.0. The highest BCUT2D eigenvalue weighted by atomic mass is 35.5. The molecule has 120 valence electrons. The monoisotopic (exact) mass is 348 g/mol. The third-order valence-electron chi connectivity index (χ3n) is 3.08. The van der Waals surface area contributed by atoms with Crippen LogP contribution >= 0.6 is 23.4 Å². The maximum Gasteiger partial charge on any atom is 0.234 e. The summed E-state index contributed by atoms with van der Waals surface area (Å²) in [6.07, 6.45) is 0.326. The van der Waals surface area contributed by atoms with E-state index in [1.165, 1.54) is 11.8 Å². The largest absolute Gasteiger partial charge is 0.359 e. The second kappa shape index (κ2) is 8.60. The molecular formula is C17H17ClN2O2S. The molecule has 0 radical (unpaired) electrons. The molecule has 4 nitrogen and oxygen atoms in total. The molecule has 0 aliphatic rings. The number of carbonyl (C=O) groups excluding carboxylic acids is 2. The number of thioether (sulfide) groups is 1. The third-order valence-corrected chi connectivity index (χ3v) is 4.59. The van der Waals surface area contributed by atoms with E-state index in [0.717, 1.165) is 10.5 Å². The van der Waals surface area contributed by atoms with E-state index in [9.17, 15) is 9.59 Å². The van der Waals surface area contributed by atoms with Crippen molar-refractivity contribution in [3.05, 3.63) is 59.1 Å². The van der Waals surface area contributed by atoms with Crippen molar-refractivity contribution in [2.75, 3.05) is 18.1 Å². The Hall–Kier alpha value is -1.98. The fourth-order valence-corrected chi connectivity index (χ4v) is 2.92. The minimum Gasteiger partial charge on any atom is -0.359 e. The van der Waals surface area contributed by atoms with Gasteiger partial charge in [0.05, 0.1) is 17.2 Å². The SMILES string of the molecule is CNC(=O)Cc1ccc(NC(=O)CSc2ccccc2Cl)cc1. The van der Waals surface area contributed by atoms with Gasteiger partial charge in [-0.05, 0) is 29.8 Å². The summed E-state index contributed by atoms with van der Waals surface area (Å²) in [5.74, 6) is 0.135. The number of benzene rings is 2. The molecule has 0 saturated carbocycles. The fourth-order valence-electron chi connectivity index (χ4n) is 1.88. The molecule has 23 heavy (non-hydrogen) atoms. The summed E-state index contributed by atoms with van der Waals surface area (Å²) < 4.78 is 0. The Balaban J connectivity index is 1.85. The Kier molecular flexibility index (Phi) is 6.50. The molecule has 6 heteroatoms. The molecule has 0 spiro atoms. The highest BCUT2D eigenvalue weighted by Gasteiger charge is 2.06. The smallest absolute Gasteiger partial charge is 0.234 e. The van der Waals surface area contributed by atoms with E-state index in [1.54, 1.807) is 25.2 Å². The number of amides is 2. The first-order valence-corrected chi connectivity index (χ1v) is 8.41. The minimum absolute atomic E-state index is 0.0436. The van der Waals surface area contributed by atoms with Gasteiger partial charge in [-0.25, -0.2) is 0 Å². The first kappa shape index (κ1) is 17.4. The molecule has 2 aromatic carbocycles. The van der Waals surface area contributed by atoms with E-state index in [2.05, 4.69) is 10.6 Å². The van der Waals surface area contributed by atoms with Crippen LogP contribution in [0.25, 0.3) is 0 Å².